The summed E-state index contributed by atoms with van der Waals surface area (Å²) >= 11 is 0. The van der Waals surface area contributed by atoms with Gasteiger partial charge in [0.2, 0.25) is 0 Å². The van der Waals surface area contributed by atoms with Crippen LogP contribution < -0.4 is 0 Å². The Hall–Kier alpha value is -0.870. The van der Waals surface area contributed by atoms with E-state index in [0.29, 0.717) is 0 Å². The zero-order valence-corrected chi connectivity index (χ0v) is 10.2. The average molecular weight is 223 g/mol. The van der Waals surface area contributed by atoms with E-state index < -0.39 is 5.60 Å². The molecule has 0 atom stereocenters. The second kappa shape index (κ2) is 4.55. The molecule has 4 heteroatoms. The van der Waals surface area contributed by atoms with Gasteiger partial charge in [-0.1, -0.05) is 13.3 Å². The van der Waals surface area contributed by atoms with Gasteiger partial charge in [-0.2, -0.15) is 0 Å². The van der Waals surface area contributed by atoms with Crippen molar-refractivity contribution < 1.29 is 5.11 Å². The molecule has 0 radical (unpaired) electrons. The Kier molecular flexibility index (Phi) is 3.30. The molecule has 0 aromatic carbocycles. The van der Waals surface area contributed by atoms with Gasteiger partial charge in [0, 0.05) is 32.0 Å². The normalized spacial score (nSPS) is 19.7. The maximum absolute atomic E-state index is 10.1. The number of hydrogen-bond donors (Lipinski definition) is 1. The van der Waals surface area contributed by atoms with Crippen LogP contribution in [0.2, 0.25) is 0 Å². The molecule has 1 saturated heterocycles. The van der Waals surface area contributed by atoms with Crippen molar-refractivity contribution in [3.05, 3.63) is 18.2 Å². The second-order valence-corrected chi connectivity index (χ2v) is 4.75. The number of aryl methyl sites for hydroxylation is 1. The first-order valence-electron chi connectivity index (χ1n) is 6.11. The summed E-state index contributed by atoms with van der Waals surface area (Å²) in [6.07, 6.45) is 5.81. The highest BCUT2D eigenvalue weighted by atomic mass is 16.3. The molecule has 0 unspecified atom stereocenters. The van der Waals surface area contributed by atoms with E-state index in [-0.39, 0.29) is 0 Å². The summed E-state index contributed by atoms with van der Waals surface area (Å²) in [5.41, 5.74) is -0.432. The Morgan fingerprint density at radius 1 is 1.44 bits per heavy atom. The van der Waals surface area contributed by atoms with Gasteiger partial charge in [-0.15, -0.1) is 0 Å². The van der Waals surface area contributed by atoms with Gasteiger partial charge < -0.3 is 9.67 Å². The SMILES string of the molecule is CCCC1(O)CN(Cc2nccn2CC)C1. The van der Waals surface area contributed by atoms with Crippen LogP contribution in [-0.4, -0.2) is 38.2 Å². The van der Waals surface area contributed by atoms with Crippen molar-refractivity contribution in [1.29, 1.82) is 0 Å². The molecule has 4 nitrogen and oxygen atoms in total. The summed E-state index contributed by atoms with van der Waals surface area (Å²) in [6, 6.07) is 0. The minimum atomic E-state index is -0.432. The topological polar surface area (TPSA) is 41.3 Å². The van der Waals surface area contributed by atoms with Crippen LogP contribution in [0.25, 0.3) is 0 Å². The fourth-order valence-electron chi connectivity index (χ4n) is 2.50. The molecule has 0 spiro atoms. The van der Waals surface area contributed by atoms with Crippen molar-refractivity contribution in [3.8, 4) is 0 Å². The van der Waals surface area contributed by atoms with Gasteiger partial charge in [0.05, 0.1) is 12.1 Å². The fraction of sp³-hybridized carbons (Fsp3) is 0.750. The quantitative estimate of drug-likeness (QED) is 0.817. The molecule has 1 aliphatic heterocycles. The van der Waals surface area contributed by atoms with E-state index in [1.54, 1.807) is 0 Å². The Balaban J connectivity index is 1.85. The van der Waals surface area contributed by atoms with Gasteiger partial charge in [-0.25, -0.2) is 4.98 Å². The summed E-state index contributed by atoms with van der Waals surface area (Å²) in [6.45, 7) is 7.63. The maximum atomic E-state index is 10.1. The second-order valence-electron chi connectivity index (χ2n) is 4.75. The van der Waals surface area contributed by atoms with Crippen molar-refractivity contribution in [2.24, 2.45) is 0 Å². The van der Waals surface area contributed by atoms with Gasteiger partial charge in [-0.3, -0.25) is 4.90 Å². The molecule has 0 bridgehead atoms. The van der Waals surface area contributed by atoms with E-state index in [2.05, 4.69) is 28.3 Å². The van der Waals surface area contributed by atoms with E-state index in [0.717, 1.165) is 44.8 Å². The highest BCUT2D eigenvalue weighted by Gasteiger charge is 2.40. The molecule has 1 N–H and O–H groups in total. The van der Waals surface area contributed by atoms with Gasteiger partial charge in [-0.05, 0) is 13.3 Å². The van der Waals surface area contributed by atoms with E-state index in [1.165, 1.54) is 0 Å². The molecule has 90 valence electrons. The Bertz CT molecular complexity index is 342. The summed E-state index contributed by atoms with van der Waals surface area (Å²) in [4.78, 5) is 6.60. The highest BCUT2D eigenvalue weighted by molar-refractivity contribution is 4.99. The standard InChI is InChI=1S/C12H21N3O/c1-3-5-12(16)9-14(10-12)8-11-13-6-7-15(11)4-2/h6-7,16H,3-5,8-10H2,1-2H3. The monoisotopic (exact) mass is 223 g/mol. The molecule has 0 amide bonds. The van der Waals surface area contributed by atoms with Crippen LogP contribution in [0, 0.1) is 0 Å². The smallest absolute Gasteiger partial charge is 0.122 e. The predicted molar refractivity (Wildman–Crippen MR) is 63.0 cm³/mol. The lowest BCUT2D eigenvalue weighted by Crippen LogP contribution is -2.61. The summed E-state index contributed by atoms with van der Waals surface area (Å²) in [5.74, 6) is 1.10. The summed E-state index contributed by atoms with van der Waals surface area (Å²) in [7, 11) is 0. The summed E-state index contributed by atoms with van der Waals surface area (Å²) < 4.78 is 2.15. The average Bonchev–Trinajstić information content (AvgIpc) is 2.63. The van der Waals surface area contributed by atoms with Crippen LogP contribution in [0.15, 0.2) is 12.4 Å². The zero-order valence-electron chi connectivity index (χ0n) is 10.2. The molecule has 2 rings (SSSR count). The maximum Gasteiger partial charge on any atom is 0.122 e. The number of imidazole rings is 1. The Labute approximate surface area is 96.9 Å². The largest absolute Gasteiger partial charge is 0.387 e. The van der Waals surface area contributed by atoms with E-state index in [4.69, 9.17) is 0 Å². The predicted octanol–water partition coefficient (Wildman–Crippen LogP) is 1.25. The van der Waals surface area contributed by atoms with Crippen molar-refractivity contribution >= 4 is 0 Å². The molecular weight excluding hydrogens is 202 g/mol. The molecule has 2 heterocycles. The van der Waals surface area contributed by atoms with E-state index >= 15 is 0 Å². The van der Waals surface area contributed by atoms with Crippen LogP contribution in [0.3, 0.4) is 0 Å². The van der Waals surface area contributed by atoms with E-state index in [1.807, 2.05) is 12.4 Å². The third-order valence-corrected chi connectivity index (χ3v) is 3.26. The van der Waals surface area contributed by atoms with Crippen LogP contribution in [-0.2, 0) is 13.1 Å². The van der Waals surface area contributed by atoms with Crippen LogP contribution in [0.5, 0.6) is 0 Å². The minimum Gasteiger partial charge on any atom is -0.387 e. The molecule has 1 fully saturated rings. The first kappa shape index (κ1) is 11.6. The lowest BCUT2D eigenvalue weighted by Gasteiger charge is -2.46. The molecule has 1 aromatic heterocycles. The Morgan fingerprint density at radius 2 is 2.19 bits per heavy atom. The number of hydrogen-bond acceptors (Lipinski definition) is 3. The third-order valence-electron chi connectivity index (χ3n) is 3.26. The number of likely N-dealkylation sites (tertiary alicyclic amines) is 1. The van der Waals surface area contributed by atoms with Gasteiger partial charge >= 0.3 is 0 Å². The van der Waals surface area contributed by atoms with E-state index in [9.17, 15) is 5.11 Å². The van der Waals surface area contributed by atoms with Crippen LogP contribution in [0.4, 0.5) is 0 Å². The van der Waals surface area contributed by atoms with Crippen molar-refractivity contribution in [2.75, 3.05) is 13.1 Å². The molecular formula is C12H21N3O. The first-order valence-corrected chi connectivity index (χ1v) is 6.11. The van der Waals surface area contributed by atoms with Crippen LogP contribution >= 0.6 is 0 Å². The number of aromatic nitrogens is 2. The molecule has 1 aliphatic rings. The van der Waals surface area contributed by atoms with Gasteiger partial charge in [0.25, 0.3) is 0 Å². The molecule has 0 saturated carbocycles. The highest BCUT2D eigenvalue weighted by Crippen LogP contribution is 2.26. The van der Waals surface area contributed by atoms with Gasteiger partial charge in [0.1, 0.15) is 5.82 Å². The summed E-state index contributed by atoms with van der Waals surface area (Å²) in [5, 5.41) is 10.1. The number of aliphatic hydroxyl groups is 1. The Morgan fingerprint density at radius 3 is 2.81 bits per heavy atom. The van der Waals surface area contributed by atoms with Crippen LogP contribution in [0.1, 0.15) is 32.5 Å². The van der Waals surface area contributed by atoms with Crippen molar-refractivity contribution in [3.63, 3.8) is 0 Å². The van der Waals surface area contributed by atoms with Gasteiger partial charge in [0.15, 0.2) is 0 Å². The molecule has 16 heavy (non-hydrogen) atoms. The lowest BCUT2D eigenvalue weighted by atomic mass is 9.89. The lowest BCUT2D eigenvalue weighted by molar-refractivity contribution is -0.107. The molecule has 1 aromatic rings. The fourth-order valence-corrected chi connectivity index (χ4v) is 2.50. The third kappa shape index (κ3) is 2.28. The number of rotatable bonds is 5. The first-order chi connectivity index (χ1) is 7.67. The number of nitrogens with zero attached hydrogens (tertiary/aromatic N) is 3. The zero-order chi connectivity index (χ0) is 11.6. The van der Waals surface area contributed by atoms with Crippen molar-refractivity contribution in [1.82, 2.24) is 14.5 Å². The number of β-amino-alcohol motifs (C(OH)–C–C–N with tert-alkyl or cyclic N) is 1. The molecule has 0 aliphatic carbocycles. The van der Waals surface area contributed by atoms with Crippen molar-refractivity contribution in [2.45, 2.75) is 45.4 Å². The minimum absolute atomic E-state index is 0.432.